The van der Waals surface area contributed by atoms with E-state index in [0.29, 0.717) is 30.0 Å². The zero-order valence-corrected chi connectivity index (χ0v) is 13.5. The molecule has 0 aliphatic carbocycles. The van der Waals surface area contributed by atoms with E-state index in [9.17, 15) is 14.9 Å². The largest absolute Gasteiger partial charge is 0.352 e. The number of aryl methyl sites for hydroxylation is 1. The number of nitrogens with zero attached hydrogens (tertiary/aromatic N) is 3. The Kier molecular flexibility index (Phi) is 5.10. The molecule has 0 fully saturated rings. The number of nitro groups is 1. The van der Waals surface area contributed by atoms with Crippen LogP contribution in [0.2, 0.25) is 0 Å². The monoisotopic (exact) mass is 316 g/mol. The molecule has 122 valence electrons. The SMILES string of the molecule is CCCNC(=O)c1ccc(Cn2nc(C)c([N+](=O)[O-])c2C)cc1. The van der Waals surface area contributed by atoms with E-state index in [0.717, 1.165) is 12.0 Å². The van der Waals surface area contributed by atoms with Crippen molar-refractivity contribution < 1.29 is 9.72 Å². The van der Waals surface area contributed by atoms with Crippen molar-refractivity contribution in [1.82, 2.24) is 15.1 Å². The van der Waals surface area contributed by atoms with Crippen LogP contribution in [0.15, 0.2) is 24.3 Å². The molecule has 0 saturated carbocycles. The Balaban J connectivity index is 2.14. The molecule has 0 aliphatic rings. The summed E-state index contributed by atoms with van der Waals surface area (Å²) in [7, 11) is 0. The third kappa shape index (κ3) is 3.74. The van der Waals surface area contributed by atoms with Crippen molar-refractivity contribution in [2.45, 2.75) is 33.7 Å². The first-order valence-electron chi connectivity index (χ1n) is 7.49. The quantitative estimate of drug-likeness (QED) is 0.655. The van der Waals surface area contributed by atoms with Gasteiger partial charge in [-0.25, -0.2) is 0 Å². The molecule has 7 heteroatoms. The maximum absolute atomic E-state index is 11.8. The van der Waals surface area contributed by atoms with Gasteiger partial charge in [-0.15, -0.1) is 0 Å². The maximum atomic E-state index is 11.8. The minimum atomic E-state index is -0.407. The van der Waals surface area contributed by atoms with Crippen LogP contribution in [0, 0.1) is 24.0 Å². The van der Waals surface area contributed by atoms with Crippen molar-refractivity contribution in [3.8, 4) is 0 Å². The van der Waals surface area contributed by atoms with Gasteiger partial charge in [-0.3, -0.25) is 19.6 Å². The van der Waals surface area contributed by atoms with Crippen LogP contribution >= 0.6 is 0 Å². The number of hydrogen-bond acceptors (Lipinski definition) is 4. The molecule has 0 unspecified atom stereocenters. The van der Waals surface area contributed by atoms with Gasteiger partial charge in [0.2, 0.25) is 0 Å². The van der Waals surface area contributed by atoms with Gasteiger partial charge in [-0.1, -0.05) is 19.1 Å². The zero-order chi connectivity index (χ0) is 17.0. The summed E-state index contributed by atoms with van der Waals surface area (Å²) in [5.74, 6) is -0.0971. The fourth-order valence-corrected chi connectivity index (χ4v) is 2.38. The number of rotatable bonds is 6. The van der Waals surface area contributed by atoms with Crippen molar-refractivity contribution in [1.29, 1.82) is 0 Å². The third-order valence-electron chi connectivity index (χ3n) is 3.61. The molecule has 2 aromatic rings. The molecule has 0 atom stereocenters. The third-order valence-corrected chi connectivity index (χ3v) is 3.61. The van der Waals surface area contributed by atoms with Gasteiger partial charge in [0, 0.05) is 12.1 Å². The number of aromatic nitrogens is 2. The van der Waals surface area contributed by atoms with E-state index in [1.807, 2.05) is 19.1 Å². The summed E-state index contributed by atoms with van der Waals surface area (Å²) in [5, 5.41) is 18.1. The fourth-order valence-electron chi connectivity index (χ4n) is 2.38. The van der Waals surface area contributed by atoms with E-state index in [1.165, 1.54) is 0 Å². The van der Waals surface area contributed by atoms with Crippen LogP contribution in [0.3, 0.4) is 0 Å². The first kappa shape index (κ1) is 16.7. The van der Waals surface area contributed by atoms with Gasteiger partial charge in [0.25, 0.3) is 5.91 Å². The molecule has 0 aliphatic heterocycles. The van der Waals surface area contributed by atoms with Crippen molar-refractivity contribution in [3.05, 3.63) is 56.9 Å². The predicted octanol–water partition coefficient (Wildman–Crippen LogP) is 2.60. The maximum Gasteiger partial charge on any atom is 0.312 e. The Hall–Kier alpha value is -2.70. The second-order valence-corrected chi connectivity index (χ2v) is 5.39. The molecule has 1 N–H and O–H groups in total. The molecule has 0 radical (unpaired) electrons. The minimum Gasteiger partial charge on any atom is -0.352 e. The van der Waals surface area contributed by atoms with Crippen LogP contribution in [0.5, 0.6) is 0 Å². The normalized spacial score (nSPS) is 10.6. The van der Waals surface area contributed by atoms with Crippen LogP contribution in [-0.2, 0) is 6.54 Å². The number of hydrogen-bond donors (Lipinski definition) is 1. The Morgan fingerprint density at radius 1 is 1.30 bits per heavy atom. The van der Waals surface area contributed by atoms with Crippen LogP contribution in [0.4, 0.5) is 5.69 Å². The smallest absolute Gasteiger partial charge is 0.312 e. The average Bonchev–Trinajstić information content (AvgIpc) is 2.79. The lowest BCUT2D eigenvalue weighted by atomic mass is 10.1. The van der Waals surface area contributed by atoms with Crippen LogP contribution in [-0.4, -0.2) is 27.2 Å². The molecule has 1 amide bonds. The van der Waals surface area contributed by atoms with Gasteiger partial charge in [-0.2, -0.15) is 5.10 Å². The van der Waals surface area contributed by atoms with Gasteiger partial charge in [0.1, 0.15) is 11.4 Å². The molecule has 0 saturated heterocycles. The molecule has 1 aromatic heterocycles. The average molecular weight is 316 g/mol. The van der Waals surface area contributed by atoms with E-state index >= 15 is 0 Å². The fraction of sp³-hybridized carbons (Fsp3) is 0.375. The Labute approximate surface area is 134 Å². The second-order valence-electron chi connectivity index (χ2n) is 5.39. The lowest BCUT2D eigenvalue weighted by molar-refractivity contribution is -0.386. The highest BCUT2D eigenvalue weighted by molar-refractivity contribution is 5.94. The zero-order valence-electron chi connectivity index (χ0n) is 13.5. The first-order valence-corrected chi connectivity index (χ1v) is 7.49. The summed E-state index contributed by atoms with van der Waals surface area (Å²) in [4.78, 5) is 22.5. The van der Waals surface area contributed by atoms with Gasteiger partial charge in [-0.05, 0) is 38.0 Å². The van der Waals surface area contributed by atoms with Crippen LogP contribution in [0.1, 0.15) is 40.7 Å². The summed E-state index contributed by atoms with van der Waals surface area (Å²) in [6, 6.07) is 7.17. The van der Waals surface area contributed by atoms with Crippen LogP contribution < -0.4 is 5.32 Å². The van der Waals surface area contributed by atoms with E-state index in [2.05, 4.69) is 10.4 Å². The molecule has 2 rings (SSSR count). The lowest BCUT2D eigenvalue weighted by Gasteiger charge is -2.06. The van der Waals surface area contributed by atoms with E-state index in [-0.39, 0.29) is 11.6 Å². The topological polar surface area (TPSA) is 90.1 Å². The number of benzene rings is 1. The standard InChI is InChI=1S/C16H20N4O3/c1-4-9-17-16(21)14-7-5-13(6-8-14)10-19-12(3)15(20(22)23)11(2)18-19/h5-8H,4,9-10H2,1-3H3,(H,17,21). The van der Waals surface area contributed by atoms with Crippen molar-refractivity contribution in [2.24, 2.45) is 0 Å². The highest BCUT2D eigenvalue weighted by Crippen LogP contribution is 2.22. The molecule has 0 spiro atoms. The predicted molar refractivity (Wildman–Crippen MR) is 86.5 cm³/mol. The number of amides is 1. The highest BCUT2D eigenvalue weighted by atomic mass is 16.6. The van der Waals surface area contributed by atoms with Crippen molar-refractivity contribution in [2.75, 3.05) is 6.54 Å². The van der Waals surface area contributed by atoms with E-state index in [1.54, 1.807) is 30.7 Å². The van der Waals surface area contributed by atoms with Crippen molar-refractivity contribution in [3.63, 3.8) is 0 Å². The molecule has 7 nitrogen and oxygen atoms in total. The molecule has 0 bridgehead atoms. The Bertz CT molecular complexity index is 720. The Morgan fingerprint density at radius 2 is 1.96 bits per heavy atom. The van der Waals surface area contributed by atoms with Gasteiger partial charge in [0.15, 0.2) is 0 Å². The molecule has 1 aromatic carbocycles. The van der Waals surface area contributed by atoms with Crippen molar-refractivity contribution >= 4 is 11.6 Å². The molecular formula is C16H20N4O3. The van der Waals surface area contributed by atoms with Gasteiger partial charge >= 0.3 is 5.69 Å². The summed E-state index contributed by atoms with van der Waals surface area (Å²) < 4.78 is 1.61. The molecular weight excluding hydrogens is 296 g/mol. The first-order chi connectivity index (χ1) is 10.9. The van der Waals surface area contributed by atoms with E-state index < -0.39 is 4.92 Å². The summed E-state index contributed by atoms with van der Waals surface area (Å²) in [6.45, 7) is 6.39. The lowest BCUT2D eigenvalue weighted by Crippen LogP contribution is -2.23. The molecule has 23 heavy (non-hydrogen) atoms. The Morgan fingerprint density at radius 3 is 2.48 bits per heavy atom. The van der Waals surface area contributed by atoms with Gasteiger partial charge in [0.05, 0.1) is 11.5 Å². The number of carbonyl (C=O) groups excluding carboxylic acids is 1. The van der Waals surface area contributed by atoms with Gasteiger partial charge < -0.3 is 5.32 Å². The van der Waals surface area contributed by atoms with E-state index in [4.69, 9.17) is 0 Å². The number of nitrogens with one attached hydrogen (secondary N) is 1. The summed E-state index contributed by atoms with van der Waals surface area (Å²) in [6.07, 6.45) is 0.889. The summed E-state index contributed by atoms with van der Waals surface area (Å²) >= 11 is 0. The second kappa shape index (κ2) is 7.04. The summed E-state index contributed by atoms with van der Waals surface area (Å²) in [5.41, 5.74) is 2.51. The molecule has 1 heterocycles. The highest BCUT2D eigenvalue weighted by Gasteiger charge is 2.21. The van der Waals surface area contributed by atoms with Crippen LogP contribution in [0.25, 0.3) is 0 Å². The number of carbonyl (C=O) groups is 1. The minimum absolute atomic E-state index is 0.0561.